The monoisotopic (exact) mass is 540 g/mol. The number of hydrogen-bond acceptors (Lipinski definition) is 2. The summed E-state index contributed by atoms with van der Waals surface area (Å²) >= 11 is 0. The summed E-state index contributed by atoms with van der Waals surface area (Å²) in [6, 6.07) is 22.5. The zero-order valence-electron chi connectivity index (χ0n) is 25.3. The van der Waals surface area contributed by atoms with E-state index >= 15 is 0 Å². The largest absolute Gasteiger partial charge is 0.488 e. The fourth-order valence-corrected chi connectivity index (χ4v) is 7.68. The molecule has 0 heterocycles. The molecule has 0 bridgehead atoms. The van der Waals surface area contributed by atoms with E-state index in [1.807, 2.05) is 24.3 Å². The molecular weight excluding hydrogens is 491 g/mol. The first kappa shape index (κ1) is 29.8. The fourth-order valence-electron chi connectivity index (χ4n) is 6.52. The van der Waals surface area contributed by atoms with Crippen molar-refractivity contribution in [3.63, 3.8) is 0 Å². The van der Waals surface area contributed by atoms with E-state index in [0.717, 1.165) is 19.3 Å². The van der Waals surface area contributed by atoms with Crippen LogP contribution in [-0.4, -0.2) is 25.2 Å². The molecule has 2 atom stereocenters. The highest BCUT2D eigenvalue weighted by Crippen LogP contribution is 2.55. The summed E-state index contributed by atoms with van der Waals surface area (Å²) in [7, 11) is -2.84. The molecule has 1 aliphatic rings. The van der Waals surface area contributed by atoms with Crippen molar-refractivity contribution in [2.45, 2.75) is 97.7 Å². The molecule has 4 heteroatoms. The van der Waals surface area contributed by atoms with Gasteiger partial charge in [-0.3, -0.25) is 0 Å². The minimum Gasteiger partial charge on any atom is -0.423 e. The third-order valence-corrected chi connectivity index (χ3v) is 11.3. The number of fused-ring (bicyclic) bond motifs is 3. The first-order valence-electron chi connectivity index (χ1n) is 15.2. The van der Waals surface area contributed by atoms with Crippen molar-refractivity contribution >= 4 is 25.8 Å². The van der Waals surface area contributed by atoms with Gasteiger partial charge in [-0.2, -0.15) is 0 Å². The highest BCUT2D eigenvalue weighted by molar-refractivity contribution is 6.88. The third-order valence-electron chi connectivity index (χ3n) is 9.29. The summed E-state index contributed by atoms with van der Waals surface area (Å²) in [5.74, 6) is 1.35. The molecule has 4 rings (SSSR count). The Morgan fingerprint density at radius 1 is 0.718 bits per heavy atom. The van der Waals surface area contributed by atoms with E-state index < -0.39 is 15.2 Å². The quantitative estimate of drug-likeness (QED) is 0.238. The van der Waals surface area contributed by atoms with Gasteiger partial charge in [0.25, 0.3) is 0 Å². The van der Waals surface area contributed by atoms with E-state index in [-0.39, 0.29) is 5.41 Å². The van der Waals surface area contributed by atoms with E-state index in [9.17, 15) is 10.0 Å². The summed E-state index contributed by atoms with van der Waals surface area (Å²) in [6.07, 6.45) is 7.99. The van der Waals surface area contributed by atoms with Gasteiger partial charge in [-0.1, -0.05) is 126 Å². The van der Waals surface area contributed by atoms with Crippen molar-refractivity contribution in [2.75, 3.05) is 0 Å². The lowest BCUT2D eigenvalue weighted by molar-refractivity contribution is 0.308. The Balaban J connectivity index is 1.71. The molecule has 0 aromatic heterocycles. The summed E-state index contributed by atoms with van der Waals surface area (Å²) in [5.41, 5.74) is 9.42. The first-order valence-corrected chi connectivity index (χ1v) is 18.7. The highest BCUT2D eigenvalue weighted by atomic mass is 28.3. The maximum absolute atomic E-state index is 9.38. The van der Waals surface area contributed by atoms with Gasteiger partial charge >= 0.3 is 7.12 Å². The second kappa shape index (κ2) is 12.2. The van der Waals surface area contributed by atoms with Gasteiger partial charge < -0.3 is 10.0 Å². The third kappa shape index (κ3) is 6.45. The van der Waals surface area contributed by atoms with Gasteiger partial charge in [0.05, 0.1) is 8.07 Å². The average molecular weight is 541 g/mol. The minimum atomic E-state index is -1.44. The van der Waals surface area contributed by atoms with Crippen molar-refractivity contribution in [1.29, 1.82) is 0 Å². The number of aryl methyl sites for hydroxylation is 2. The molecule has 39 heavy (non-hydrogen) atoms. The van der Waals surface area contributed by atoms with Crippen molar-refractivity contribution in [1.82, 2.24) is 0 Å². The summed E-state index contributed by atoms with van der Waals surface area (Å²) in [6.45, 7) is 17.0. The molecule has 3 aromatic rings. The predicted molar refractivity (Wildman–Crippen MR) is 172 cm³/mol. The van der Waals surface area contributed by atoms with E-state index in [1.165, 1.54) is 47.9 Å². The van der Waals surface area contributed by atoms with Gasteiger partial charge in [0.2, 0.25) is 0 Å². The van der Waals surface area contributed by atoms with Crippen LogP contribution in [-0.2, 0) is 18.3 Å². The topological polar surface area (TPSA) is 40.5 Å². The van der Waals surface area contributed by atoms with Crippen LogP contribution >= 0.6 is 0 Å². The molecule has 2 N–H and O–H groups in total. The Labute approximate surface area is 239 Å². The summed E-state index contributed by atoms with van der Waals surface area (Å²) in [4.78, 5) is 0. The Hall–Kier alpha value is -2.14. The van der Waals surface area contributed by atoms with Crippen LogP contribution in [0.1, 0.15) is 82.1 Å². The van der Waals surface area contributed by atoms with Gasteiger partial charge in [0, 0.05) is 5.41 Å². The van der Waals surface area contributed by atoms with Crippen molar-refractivity contribution in [3.05, 3.63) is 82.9 Å². The number of rotatable bonds is 12. The number of hydrogen-bond donors (Lipinski definition) is 2. The molecule has 208 valence electrons. The SMILES string of the molecule is CCC(C)CC1(CC(C)CC)c2cc(CCCc3ccc(B(O)O)cc3)ccc2-c2ccc([Si](C)(C)C)cc21. The molecule has 0 fully saturated rings. The second-order valence-corrected chi connectivity index (χ2v) is 18.5. The lowest BCUT2D eigenvalue weighted by Gasteiger charge is -2.37. The Morgan fingerprint density at radius 2 is 1.23 bits per heavy atom. The molecule has 3 aromatic carbocycles. The average Bonchev–Trinajstić information content (AvgIpc) is 3.16. The van der Waals surface area contributed by atoms with Gasteiger partial charge in [-0.15, -0.1) is 0 Å². The summed E-state index contributed by atoms with van der Waals surface area (Å²) < 4.78 is 0. The van der Waals surface area contributed by atoms with Gasteiger partial charge in [-0.25, -0.2) is 0 Å². The molecule has 0 amide bonds. The fraction of sp³-hybridized carbons (Fsp3) is 0.486. The second-order valence-electron chi connectivity index (χ2n) is 13.4. The molecule has 0 aliphatic heterocycles. The van der Waals surface area contributed by atoms with Crippen LogP contribution < -0.4 is 10.6 Å². The van der Waals surface area contributed by atoms with Crippen LogP contribution in [0, 0.1) is 11.8 Å². The normalized spacial score (nSPS) is 18.0. The van der Waals surface area contributed by atoms with Gasteiger partial charge in [0.15, 0.2) is 0 Å². The van der Waals surface area contributed by atoms with Crippen LogP contribution in [0.5, 0.6) is 0 Å². The highest BCUT2D eigenvalue weighted by Gasteiger charge is 2.45. The van der Waals surface area contributed by atoms with E-state index in [0.29, 0.717) is 17.3 Å². The molecule has 0 spiro atoms. The van der Waals surface area contributed by atoms with Crippen LogP contribution in [0.3, 0.4) is 0 Å². The number of benzene rings is 3. The van der Waals surface area contributed by atoms with Crippen LogP contribution in [0.25, 0.3) is 11.1 Å². The van der Waals surface area contributed by atoms with Crippen LogP contribution in [0.4, 0.5) is 0 Å². The lowest BCUT2D eigenvalue weighted by Crippen LogP contribution is -2.39. The Bertz CT molecular complexity index is 1250. The standard InChI is InChI=1S/C35H49BO2Si/c1-8-25(3)23-35(24-26(4)9-2)33-21-28(12-10-11-27-13-16-29(17-14-27)36(37)38)15-19-31(33)32-20-18-30(22-34(32)35)39(5,6)7/h13-22,25-26,37-38H,8-12,23-24H2,1-7H3. The van der Waals surface area contributed by atoms with Crippen molar-refractivity contribution in [2.24, 2.45) is 11.8 Å². The Morgan fingerprint density at radius 3 is 1.77 bits per heavy atom. The van der Waals surface area contributed by atoms with E-state index in [2.05, 4.69) is 83.7 Å². The predicted octanol–water partition coefficient (Wildman–Crippen LogP) is 7.23. The molecule has 0 radical (unpaired) electrons. The van der Waals surface area contributed by atoms with Crippen molar-refractivity contribution < 1.29 is 10.0 Å². The lowest BCUT2D eigenvalue weighted by atomic mass is 9.66. The van der Waals surface area contributed by atoms with Crippen molar-refractivity contribution in [3.8, 4) is 11.1 Å². The smallest absolute Gasteiger partial charge is 0.423 e. The molecule has 2 nitrogen and oxygen atoms in total. The van der Waals surface area contributed by atoms with E-state index in [4.69, 9.17) is 0 Å². The van der Waals surface area contributed by atoms with Crippen LogP contribution in [0.15, 0.2) is 60.7 Å². The Kier molecular flexibility index (Phi) is 9.30. The molecule has 1 aliphatic carbocycles. The van der Waals surface area contributed by atoms with Gasteiger partial charge in [-0.05, 0) is 82.8 Å². The molecule has 2 unspecified atom stereocenters. The maximum Gasteiger partial charge on any atom is 0.488 e. The molecular formula is C35H49BO2Si. The minimum absolute atomic E-state index is 0.0855. The summed E-state index contributed by atoms with van der Waals surface area (Å²) in [5, 5.41) is 20.3. The molecule has 0 saturated heterocycles. The van der Waals surface area contributed by atoms with E-state index in [1.54, 1.807) is 16.3 Å². The molecule has 0 saturated carbocycles. The zero-order chi connectivity index (χ0) is 28.4. The zero-order valence-corrected chi connectivity index (χ0v) is 26.3. The van der Waals surface area contributed by atoms with Crippen LogP contribution in [0.2, 0.25) is 19.6 Å². The first-order chi connectivity index (χ1) is 18.5. The maximum atomic E-state index is 9.38. The van der Waals surface area contributed by atoms with Gasteiger partial charge in [0.1, 0.15) is 0 Å².